The number of Topliss-reactive ketones (excluding diaryl/α,β-unsaturated/α-hetero) is 8. The van der Waals surface area contributed by atoms with Gasteiger partial charge in [0.2, 0.25) is 23.8 Å². The predicted octanol–water partition coefficient (Wildman–Crippen LogP) is 17.0. The van der Waals surface area contributed by atoms with Crippen LogP contribution in [0.3, 0.4) is 0 Å². The molecule has 0 saturated carbocycles. The third-order valence-electron chi connectivity index (χ3n) is 24.8. The SMILES string of the molecule is CC(C)(C)OC(=O)NC1=NC2C(CSC2CCCCC(=O)CCCCCC(=O)Cc2cc(CC(=O)CCCCCC(=O)CCCCC3SCC4NC(NC(=O)OC(C)(C)C)=NC43)cc(C(=O)O)c2)N1.COC(=O)c1cc(CC(=O)CCCCCC(=O)CCCCC2SCC3NC(NC(=O)OC(C)(C)C)=NC32)cc(CC(=O)CCCCCC(=O)CCCCC2SCC3NC(NC(=O)OC(C)(C)C)=NC32)c1. The molecule has 4 amide bonds. The van der Waals surface area contributed by atoms with Gasteiger partial charge in [0, 0.05) is 147 Å². The standard InChI is InChI=1S/C52H78N6O10S2.C51H76N6O10S2/c1-51(2,3)67-49(64)57-47-53-40-31-69-42(44(40)55-47)24-16-14-20-36(59)18-10-8-12-22-38(61)29-33-26-34(28-35(27-33)46(63)66-7)30-39(62)23-13-9-11-19-37(60)21-15-17-25-43-45-41(32-70-43)54-48(56-45)58-50(65)68-52(4,5)6;1-50(2,3)66-48(64)56-46-52-39-30-68-41(43(39)54-46)23-15-13-19-35(58)17-9-7-11-21-37(60)28-32-25-33(27-34(26-32)45(62)63)29-38(61)22-12-8-10-18-36(59)20-14-16-24-42-44-40(31-69-42)53-47(55-44)57-49(65)67-51(4,5)6/h26-28,40-45H,8-25,29-32H2,1-7H3,(H2,53,55,57,64)(H2,54,56,58,65);25-27,39-44H,7-24,28-31H2,1-6H3,(H,62,63)(H2,52,54,56,64)(H2,53,55,57,65). The number of nitrogens with one attached hydrogen (secondary N) is 8. The second-order valence-corrected chi connectivity index (χ2v) is 47.1. The molecule has 4 saturated heterocycles. The smallest absolute Gasteiger partial charge is 0.414 e. The van der Waals surface area contributed by atoms with Gasteiger partial charge in [0.1, 0.15) is 68.7 Å². The number of hydrogen-bond donors (Lipinski definition) is 9. The van der Waals surface area contributed by atoms with Crippen molar-refractivity contribution in [1.29, 1.82) is 0 Å². The van der Waals surface area contributed by atoms with E-state index >= 15 is 0 Å². The third-order valence-corrected chi connectivity index (χ3v) is 30.8. The number of amides is 4. The Morgan fingerprint density at radius 1 is 0.302 bits per heavy atom. The molecule has 0 radical (unpaired) electrons. The summed E-state index contributed by atoms with van der Waals surface area (Å²) >= 11 is 7.53. The Morgan fingerprint density at radius 2 is 0.504 bits per heavy atom. The van der Waals surface area contributed by atoms with Crippen LogP contribution in [0.2, 0.25) is 0 Å². The van der Waals surface area contributed by atoms with Crippen LogP contribution in [0.15, 0.2) is 56.4 Å². The zero-order valence-corrected chi connectivity index (χ0v) is 87.4. The van der Waals surface area contributed by atoms with Crippen LogP contribution in [-0.2, 0) is 87.7 Å². The average molecular weight is 2010 g/mol. The van der Waals surface area contributed by atoms with Gasteiger partial charge in [-0.3, -0.25) is 59.6 Å². The number of unbranched alkanes of at least 4 members (excludes halogenated alkanes) is 12. The molecule has 770 valence electrons. The highest BCUT2D eigenvalue weighted by Crippen LogP contribution is 2.40. The highest BCUT2D eigenvalue weighted by atomic mass is 32.2. The van der Waals surface area contributed by atoms with E-state index in [0.717, 1.165) is 151 Å². The van der Waals surface area contributed by atoms with Gasteiger partial charge in [-0.2, -0.15) is 47.0 Å². The van der Waals surface area contributed by atoms with E-state index in [0.29, 0.717) is 175 Å². The molecule has 139 heavy (non-hydrogen) atoms. The van der Waals surface area contributed by atoms with Crippen LogP contribution >= 0.6 is 47.0 Å². The molecular weight excluding hydrogens is 1850 g/mol. The Balaban J connectivity index is 0.000000311. The number of nitrogens with zero attached hydrogens (tertiary/aromatic N) is 4. The number of aliphatic imine (C=N–C) groups is 4. The number of fused-ring (bicyclic) bond motifs is 4. The Hall–Kier alpha value is -8.90. The maximum atomic E-state index is 13.0. The van der Waals surface area contributed by atoms with Gasteiger partial charge >= 0.3 is 36.3 Å². The van der Waals surface area contributed by atoms with Crippen molar-refractivity contribution < 1.29 is 95.9 Å². The van der Waals surface area contributed by atoms with E-state index in [9.17, 15) is 72.2 Å². The molecule has 36 heteroatoms. The highest BCUT2D eigenvalue weighted by Gasteiger charge is 2.46. The number of aromatic carboxylic acids is 1. The van der Waals surface area contributed by atoms with Gasteiger partial charge in [0.15, 0.2) is 0 Å². The molecule has 0 bridgehead atoms. The lowest BCUT2D eigenvalue weighted by Gasteiger charge is -2.19. The molecule has 2 aromatic carbocycles. The summed E-state index contributed by atoms with van der Waals surface area (Å²) in [5, 5.41) is 35.1. The minimum Gasteiger partial charge on any atom is -0.478 e. The van der Waals surface area contributed by atoms with Crippen LogP contribution in [-0.4, -0.2) is 233 Å². The number of thioether (sulfide) groups is 4. The van der Waals surface area contributed by atoms with E-state index in [2.05, 4.69) is 42.5 Å². The summed E-state index contributed by atoms with van der Waals surface area (Å²) in [5.74, 6) is 4.85. The molecule has 9 N–H and O–H groups in total. The molecule has 8 aliphatic rings. The number of carboxylic acids is 1. The first-order valence-corrected chi connectivity index (χ1v) is 54.7. The van der Waals surface area contributed by atoms with Crippen molar-refractivity contribution in [2.24, 2.45) is 20.0 Å². The van der Waals surface area contributed by atoms with Gasteiger partial charge < -0.3 is 50.1 Å². The number of rotatable bonds is 54. The average Bonchev–Trinajstić information content (AvgIpc) is 1.67. The molecule has 8 heterocycles. The maximum absolute atomic E-state index is 13.0. The number of hydrogen-bond acceptors (Lipinski definition) is 31. The summed E-state index contributed by atoms with van der Waals surface area (Å²) in [5.41, 5.74) is 0.497. The fourth-order valence-corrected chi connectivity index (χ4v) is 24.3. The molecule has 2 aromatic rings. The molecule has 0 aliphatic carbocycles. The number of carbonyl (C=O) groups excluding carboxylic acids is 13. The molecule has 0 spiro atoms. The Morgan fingerprint density at radius 3 is 0.705 bits per heavy atom. The minimum absolute atomic E-state index is 0.0100. The maximum Gasteiger partial charge on any atom is 0.414 e. The molecule has 0 aromatic heterocycles. The van der Waals surface area contributed by atoms with Gasteiger partial charge in [-0.1, -0.05) is 63.5 Å². The molecule has 32 nitrogen and oxygen atoms in total. The first-order valence-electron chi connectivity index (χ1n) is 50.5. The van der Waals surface area contributed by atoms with E-state index in [4.69, 9.17) is 43.7 Å². The van der Waals surface area contributed by atoms with E-state index in [1.807, 2.05) is 136 Å². The van der Waals surface area contributed by atoms with Crippen molar-refractivity contribution >= 4 is 153 Å². The normalized spacial score (nSPS) is 21.4. The number of ketones is 8. The predicted molar refractivity (Wildman–Crippen MR) is 547 cm³/mol. The quantitative estimate of drug-likeness (QED) is 0.0169. The number of alkyl carbamates (subject to hydrolysis) is 4. The minimum atomic E-state index is -1.11. The van der Waals surface area contributed by atoms with Crippen molar-refractivity contribution in [2.75, 3.05) is 30.1 Å². The number of carboxylic acid groups (broad SMARTS) is 1. The van der Waals surface area contributed by atoms with Crippen molar-refractivity contribution in [2.45, 2.75) is 432 Å². The number of carbonyl (C=O) groups is 14. The topological polar surface area (TPSA) is 451 Å². The van der Waals surface area contributed by atoms with Gasteiger partial charge in [-0.15, -0.1) is 0 Å². The molecular formula is C103H154N12O20S4. The molecule has 4 fully saturated rings. The first-order chi connectivity index (χ1) is 65.9. The monoisotopic (exact) mass is 2010 g/mol. The van der Waals surface area contributed by atoms with Gasteiger partial charge in [0.25, 0.3) is 0 Å². The Kier molecular flexibility index (Phi) is 46.0. The van der Waals surface area contributed by atoms with E-state index in [1.54, 1.807) is 18.2 Å². The second-order valence-electron chi connectivity index (χ2n) is 42.0. The summed E-state index contributed by atoms with van der Waals surface area (Å²) in [6, 6.07) is 11.0. The van der Waals surface area contributed by atoms with Gasteiger partial charge in [0.05, 0.1) is 66.6 Å². The Bertz CT molecular complexity index is 4420. The van der Waals surface area contributed by atoms with Crippen molar-refractivity contribution in [3.05, 3.63) is 69.8 Å². The lowest BCUT2D eigenvalue weighted by molar-refractivity contribution is -0.120. The fourth-order valence-electron chi connectivity index (χ4n) is 18.3. The van der Waals surface area contributed by atoms with E-state index < -0.39 is 58.7 Å². The zero-order chi connectivity index (χ0) is 101. The van der Waals surface area contributed by atoms with Crippen LogP contribution in [0.1, 0.15) is 357 Å². The largest absolute Gasteiger partial charge is 0.478 e. The van der Waals surface area contributed by atoms with Gasteiger partial charge in [-0.25, -0.2) is 48.7 Å². The van der Waals surface area contributed by atoms with Crippen molar-refractivity contribution in [3.8, 4) is 0 Å². The zero-order valence-electron chi connectivity index (χ0n) is 84.1. The first kappa shape index (κ1) is 114. The van der Waals surface area contributed by atoms with Crippen LogP contribution in [0.4, 0.5) is 19.2 Å². The second kappa shape index (κ2) is 56.2. The third kappa shape index (κ3) is 42.7. The number of guanidine groups is 4. The lowest BCUT2D eigenvalue weighted by atomic mass is 9.96. The summed E-state index contributed by atoms with van der Waals surface area (Å²) in [7, 11) is 1.30. The highest BCUT2D eigenvalue weighted by molar-refractivity contribution is 8.01. The fraction of sp³-hybridized carbons (Fsp3) is 0.709. The Labute approximate surface area is 838 Å². The summed E-state index contributed by atoms with van der Waals surface area (Å²) in [6.07, 6.45) is 23.3. The lowest BCUT2D eigenvalue weighted by Crippen LogP contribution is -2.44. The van der Waals surface area contributed by atoms with Crippen molar-refractivity contribution in [1.82, 2.24) is 42.5 Å². The number of benzene rings is 2. The summed E-state index contributed by atoms with van der Waals surface area (Å²) in [4.78, 5) is 194. The van der Waals surface area contributed by atoms with Crippen LogP contribution in [0.5, 0.6) is 0 Å². The number of esters is 1. The van der Waals surface area contributed by atoms with Gasteiger partial charge in [-0.05, 0) is 232 Å². The van der Waals surface area contributed by atoms with E-state index in [1.165, 1.54) is 19.2 Å². The number of methoxy groups -OCH3 is 1. The molecule has 12 atom stereocenters. The summed E-state index contributed by atoms with van der Waals surface area (Å²) < 4.78 is 26.3. The van der Waals surface area contributed by atoms with Crippen LogP contribution in [0, 0.1) is 0 Å². The summed E-state index contributed by atoms with van der Waals surface area (Å²) in [6.45, 7) is 21.8. The molecule has 8 aliphatic heterocycles. The number of ether oxygens (including phenoxy) is 5. The molecule has 10 rings (SSSR count). The van der Waals surface area contributed by atoms with Crippen LogP contribution < -0.4 is 42.5 Å². The van der Waals surface area contributed by atoms with Crippen molar-refractivity contribution in [3.63, 3.8) is 0 Å². The van der Waals surface area contributed by atoms with E-state index in [-0.39, 0.29) is 126 Å². The van der Waals surface area contributed by atoms with Crippen LogP contribution in [0.25, 0.3) is 0 Å². The molecule has 12 unspecified atom stereocenters.